The molecule has 0 saturated heterocycles. The fourth-order valence-electron chi connectivity index (χ4n) is 3.49. The summed E-state index contributed by atoms with van der Waals surface area (Å²) in [6.07, 6.45) is 0.768. The predicted octanol–water partition coefficient (Wildman–Crippen LogP) is 3.92. The van der Waals surface area contributed by atoms with Gasteiger partial charge in [0.1, 0.15) is 5.60 Å². The van der Waals surface area contributed by atoms with Crippen molar-refractivity contribution >= 4 is 33.2 Å². The van der Waals surface area contributed by atoms with Gasteiger partial charge in [0, 0.05) is 12.8 Å². The standard InChI is InChI=1S/C22H29N3O5S2/c1-13(2)18-17-16(12-25(18)21(27)30-22(3,4)5)31-20(24-17)19(26)23-11-14-7-9-15(10-8-14)32(6,28)29/h7-10,13,18H,11-12H2,1-6H3,(H,23,26)/t18-/m0/s1. The van der Waals surface area contributed by atoms with E-state index in [1.165, 1.54) is 23.5 Å². The Hall–Kier alpha value is -2.46. The molecule has 1 aromatic heterocycles. The van der Waals surface area contributed by atoms with Crippen LogP contribution in [0.25, 0.3) is 0 Å². The van der Waals surface area contributed by atoms with Crippen LogP contribution in [0.2, 0.25) is 0 Å². The number of thiazole rings is 1. The topological polar surface area (TPSA) is 106 Å². The van der Waals surface area contributed by atoms with Gasteiger partial charge in [-0.3, -0.25) is 9.69 Å². The summed E-state index contributed by atoms with van der Waals surface area (Å²) in [6, 6.07) is 6.14. The number of hydrogen-bond donors (Lipinski definition) is 1. The van der Waals surface area contributed by atoms with E-state index < -0.39 is 15.4 Å². The van der Waals surface area contributed by atoms with E-state index in [4.69, 9.17) is 4.74 Å². The van der Waals surface area contributed by atoms with Gasteiger partial charge >= 0.3 is 6.09 Å². The molecule has 0 saturated carbocycles. The lowest BCUT2D eigenvalue weighted by Crippen LogP contribution is -2.37. The molecule has 1 atom stereocenters. The summed E-state index contributed by atoms with van der Waals surface area (Å²) < 4.78 is 28.7. The van der Waals surface area contributed by atoms with Crippen molar-refractivity contribution in [3.8, 4) is 0 Å². The molecule has 10 heteroatoms. The molecule has 0 aliphatic carbocycles. The molecule has 32 heavy (non-hydrogen) atoms. The van der Waals surface area contributed by atoms with Crippen molar-refractivity contribution in [3.05, 3.63) is 45.4 Å². The summed E-state index contributed by atoms with van der Waals surface area (Å²) in [5.74, 6) is -0.196. The van der Waals surface area contributed by atoms with Crippen molar-refractivity contribution in [2.24, 2.45) is 5.92 Å². The van der Waals surface area contributed by atoms with Crippen LogP contribution in [0.1, 0.15) is 66.6 Å². The average molecular weight is 480 g/mol. The third kappa shape index (κ3) is 5.47. The van der Waals surface area contributed by atoms with Crippen LogP contribution >= 0.6 is 11.3 Å². The van der Waals surface area contributed by atoms with Crippen molar-refractivity contribution in [1.82, 2.24) is 15.2 Å². The minimum Gasteiger partial charge on any atom is -0.444 e. The number of carbonyl (C=O) groups is 2. The highest BCUT2D eigenvalue weighted by molar-refractivity contribution is 7.90. The molecule has 0 spiro atoms. The monoisotopic (exact) mass is 479 g/mol. The first-order valence-corrected chi connectivity index (χ1v) is 13.0. The molecule has 0 fully saturated rings. The second-order valence-electron chi connectivity index (χ2n) is 9.22. The van der Waals surface area contributed by atoms with Gasteiger partial charge in [0.05, 0.1) is 28.1 Å². The number of rotatable bonds is 5. The number of ether oxygens (including phenoxy) is 1. The molecule has 2 heterocycles. The summed E-state index contributed by atoms with van der Waals surface area (Å²) >= 11 is 1.28. The Morgan fingerprint density at radius 1 is 1.25 bits per heavy atom. The van der Waals surface area contributed by atoms with Crippen LogP contribution in [-0.2, 0) is 27.7 Å². The molecule has 3 rings (SSSR count). The van der Waals surface area contributed by atoms with Gasteiger partial charge in [0.15, 0.2) is 14.8 Å². The van der Waals surface area contributed by atoms with Gasteiger partial charge in [-0.15, -0.1) is 11.3 Å². The lowest BCUT2D eigenvalue weighted by molar-refractivity contribution is 0.0124. The summed E-state index contributed by atoms with van der Waals surface area (Å²) in [5, 5.41) is 3.17. The van der Waals surface area contributed by atoms with Gasteiger partial charge in [-0.2, -0.15) is 0 Å². The third-order valence-electron chi connectivity index (χ3n) is 4.92. The Kier molecular flexibility index (Phi) is 6.67. The fraction of sp³-hybridized carbons (Fsp3) is 0.500. The van der Waals surface area contributed by atoms with Gasteiger partial charge in [0.25, 0.3) is 5.91 Å². The van der Waals surface area contributed by atoms with E-state index in [2.05, 4.69) is 10.3 Å². The highest BCUT2D eigenvalue weighted by Gasteiger charge is 2.41. The Labute approximate surface area is 192 Å². The van der Waals surface area contributed by atoms with Crippen LogP contribution in [0.4, 0.5) is 4.79 Å². The van der Waals surface area contributed by atoms with E-state index in [0.717, 1.165) is 22.4 Å². The fourth-order valence-corrected chi connectivity index (χ4v) is 5.14. The third-order valence-corrected chi connectivity index (χ3v) is 7.10. The minimum atomic E-state index is -3.26. The van der Waals surface area contributed by atoms with Gasteiger partial charge in [0.2, 0.25) is 0 Å². The molecule has 0 radical (unpaired) electrons. The number of benzene rings is 1. The Morgan fingerprint density at radius 3 is 2.41 bits per heavy atom. The number of carbonyl (C=O) groups excluding carboxylic acids is 2. The average Bonchev–Trinajstić information content (AvgIpc) is 3.22. The van der Waals surface area contributed by atoms with Crippen molar-refractivity contribution in [1.29, 1.82) is 0 Å². The molecule has 2 aromatic rings. The zero-order valence-corrected chi connectivity index (χ0v) is 20.8. The smallest absolute Gasteiger partial charge is 0.411 e. The maximum Gasteiger partial charge on any atom is 0.411 e. The number of nitrogens with one attached hydrogen (secondary N) is 1. The van der Waals surface area contributed by atoms with Gasteiger partial charge in [-0.25, -0.2) is 18.2 Å². The van der Waals surface area contributed by atoms with Crippen molar-refractivity contribution in [3.63, 3.8) is 0 Å². The zero-order chi connectivity index (χ0) is 23.8. The van der Waals surface area contributed by atoms with E-state index in [9.17, 15) is 18.0 Å². The van der Waals surface area contributed by atoms with Crippen LogP contribution in [-0.4, -0.2) is 42.2 Å². The molecule has 0 bridgehead atoms. The summed E-state index contributed by atoms with van der Waals surface area (Å²) in [4.78, 5) is 32.7. The molecular weight excluding hydrogens is 450 g/mol. The van der Waals surface area contributed by atoms with E-state index in [1.807, 2.05) is 34.6 Å². The maximum atomic E-state index is 12.7. The first-order valence-electron chi connectivity index (χ1n) is 10.3. The zero-order valence-electron chi connectivity index (χ0n) is 19.1. The van der Waals surface area contributed by atoms with Crippen LogP contribution in [0, 0.1) is 5.92 Å². The molecule has 1 N–H and O–H groups in total. The van der Waals surface area contributed by atoms with Gasteiger partial charge in [-0.05, 0) is 44.4 Å². The lowest BCUT2D eigenvalue weighted by Gasteiger charge is -2.30. The molecule has 1 aliphatic rings. The number of amides is 2. The number of aromatic nitrogens is 1. The van der Waals surface area contributed by atoms with E-state index in [1.54, 1.807) is 17.0 Å². The van der Waals surface area contributed by atoms with Crippen molar-refractivity contribution in [2.75, 3.05) is 6.26 Å². The highest BCUT2D eigenvalue weighted by Crippen LogP contribution is 2.41. The molecule has 2 amide bonds. The van der Waals surface area contributed by atoms with E-state index in [-0.39, 0.29) is 35.4 Å². The summed E-state index contributed by atoms with van der Waals surface area (Å²) in [5.41, 5.74) is 0.941. The number of sulfone groups is 1. The lowest BCUT2D eigenvalue weighted by atomic mass is 10.0. The van der Waals surface area contributed by atoms with E-state index in [0.29, 0.717) is 11.6 Å². The van der Waals surface area contributed by atoms with Gasteiger partial charge < -0.3 is 10.1 Å². The summed E-state index contributed by atoms with van der Waals surface area (Å²) in [6.45, 7) is 10.1. The highest BCUT2D eigenvalue weighted by atomic mass is 32.2. The number of fused-ring (bicyclic) bond motifs is 1. The van der Waals surface area contributed by atoms with Crippen LogP contribution in [0.5, 0.6) is 0 Å². The quantitative estimate of drug-likeness (QED) is 0.697. The Balaban J connectivity index is 1.69. The van der Waals surface area contributed by atoms with Crippen LogP contribution in [0.3, 0.4) is 0 Å². The second kappa shape index (κ2) is 8.82. The SMILES string of the molecule is CC(C)[C@H]1c2nc(C(=O)NCc3ccc(S(C)(=O)=O)cc3)sc2CN1C(=O)OC(C)(C)C. The molecule has 1 aromatic carbocycles. The molecule has 1 aliphatic heterocycles. The summed E-state index contributed by atoms with van der Waals surface area (Å²) in [7, 11) is -3.26. The molecule has 0 unspecified atom stereocenters. The minimum absolute atomic E-state index is 0.107. The van der Waals surface area contributed by atoms with Gasteiger partial charge in [-0.1, -0.05) is 26.0 Å². The second-order valence-corrected chi connectivity index (χ2v) is 12.3. The maximum absolute atomic E-state index is 12.7. The normalized spacial score (nSPS) is 16.2. The molecule has 174 valence electrons. The first-order chi connectivity index (χ1) is 14.8. The number of hydrogen-bond acceptors (Lipinski definition) is 7. The molecular formula is C22H29N3O5S2. The Morgan fingerprint density at radius 2 is 1.88 bits per heavy atom. The van der Waals surface area contributed by atoms with Crippen molar-refractivity contribution < 1.29 is 22.7 Å². The molecule has 8 nitrogen and oxygen atoms in total. The number of nitrogens with zero attached hydrogens (tertiary/aromatic N) is 2. The largest absolute Gasteiger partial charge is 0.444 e. The predicted molar refractivity (Wildman–Crippen MR) is 122 cm³/mol. The van der Waals surface area contributed by atoms with Crippen LogP contribution < -0.4 is 5.32 Å². The first kappa shape index (κ1) is 24.2. The van der Waals surface area contributed by atoms with E-state index >= 15 is 0 Å². The van der Waals surface area contributed by atoms with Crippen LogP contribution in [0.15, 0.2) is 29.2 Å². The Bertz CT molecular complexity index is 1120. The van der Waals surface area contributed by atoms with Crippen molar-refractivity contribution in [2.45, 2.75) is 64.2 Å².